The van der Waals surface area contributed by atoms with Crippen LogP contribution in [0.3, 0.4) is 0 Å². The SMILES string of the molecule is CC/C(=C/C1CCC(C)O1)CBr. The zero-order valence-corrected chi connectivity index (χ0v) is 9.43. The monoisotopic (exact) mass is 232 g/mol. The lowest BCUT2D eigenvalue weighted by Gasteiger charge is -2.07. The Morgan fingerprint density at radius 1 is 1.58 bits per heavy atom. The Morgan fingerprint density at radius 2 is 2.33 bits per heavy atom. The highest BCUT2D eigenvalue weighted by atomic mass is 79.9. The molecular formula is C10H17BrO. The summed E-state index contributed by atoms with van der Waals surface area (Å²) in [4.78, 5) is 0. The molecule has 1 nitrogen and oxygen atoms in total. The van der Waals surface area contributed by atoms with Crippen molar-refractivity contribution in [3.8, 4) is 0 Å². The molecule has 12 heavy (non-hydrogen) atoms. The second kappa shape index (κ2) is 5.03. The lowest BCUT2D eigenvalue weighted by Crippen LogP contribution is -2.05. The van der Waals surface area contributed by atoms with Crippen molar-refractivity contribution in [2.75, 3.05) is 5.33 Å². The molecule has 1 saturated heterocycles. The first-order valence-corrected chi connectivity index (χ1v) is 5.79. The lowest BCUT2D eigenvalue weighted by molar-refractivity contribution is 0.0828. The highest BCUT2D eigenvalue weighted by Gasteiger charge is 2.19. The minimum Gasteiger partial charge on any atom is -0.371 e. The van der Waals surface area contributed by atoms with Gasteiger partial charge in [0.05, 0.1) is 12.2 Å². The van der Waals surface area contributed by atoms with Gasteiger partial charge >= 0.3 is 0 Å². The van der Waals surface area contributed by atoms with Gasteiger partial charge in [0.25, 0.3) is 0 Å². The molecule has 0 saturated carbocycles. The number of halogens is 1. The molecule has 0 spiro atoms. The maximum absolute atomic E-state index is 5.70. The summed E-state index contributed by atoms with van der Waals surface area (Å²) in [6, 6.07) is 0. The van der Waals surface area contributed by atoms with Crippen molar-refractivity contribution in [1.82, 2.24) is 0 Å². The van der Waals surface area contributed by atoms with E-state index in [2.05, 4.69) is 35.9 Å². The molecule has 0 bridgehead atoms. The number of ether oxygens (including phenoxy) is 1. The van der Waals surface area contributed by atoms with Gasteiger partial charge in [-0.25, -0.2) is 0 Å². The van der Waals surface area contributed by atoms with Crippen LogP contribution in [0.15, 0.2) is 11.6 Å². The van der Waals surface area contributed by atoms with Crippen molar-refractivity contribution < 1.29 is 4.74 Å². The summed E-state index contributed by atoms with van der Waals surface area (Å²) in [5.74, 6) is 0. The molecule has 1 fully saturated rings. The Labute approximate surface area is 83.3 Å². The van der Waals surface area contributed by atoms with Gasteiger partial charge in [-0.05, 0) is 26.2 Å². The Bertz CT molecular complexity index is 159. The van der Waals surface area contributed by atoms with E-state index >= 15 is 0 Å². The summed E-state index contributed by atoms with van der Waals surface area (Å²) < 4.78 is 5.70. The summed E-state index contributed by atoms with van der Waals surface area (Å²) in [6.45, 7) is 4.33. The van der Waals surface area contributed by atoms with E-state index in [1.807, 2.05) is 0 Å². The smallest absolute Gasteiger partial charge is 0.0763 e. The normalized spacial score (nSPS) is 31.1. The predicted molar refractivity (Wildman–Crippen MR) is 55.7 cm³/mol. The first-order chi connectivity index (χ1) is 5.76. The van der Waals surface area contributed by atoms with Gasteiger partial charge in [-0.1, -0.05) is 34.5 Å². The van der Waals surface area contributed by atoms with Crippen LogP contribution in [0, 0.1) is 0 Å². The molecule has 0 N–H and O–H groups in total. The zero-order valence-electron chi connectivity index (χ0n) is 7.85. The molecule has 2 unspecified atom stereocenters. The van der Waals surface area contributed by atoms with Crippen molar-refractivity contribution in [1.29, 1.82) is 0 Å². The zero-order chi connectivity index (χ0) is 8.97. The molecule has 0 amide bonds. The first kappa shape index (κ1) is 10.3. The summed E-state index contributed by atoms with van der Waals surface area (Å²) in [6.07, 6.45) is 6.64. The van der Waals surface area contributed by atoms with Gasteiger partial charge in [-0.15, -0.1) is 0 Å². The van der Waals surface area contributed by atoms with Gasteiger partial charge in [-0.3, -0.25) is 0 Å². The van der Waals surface area contributed by atoms with Gasteiger partial charge in [0.15, 0.2) is 0 Å². The van der Waals surface area contributed by atoms with Crippen molar-refractivity contribution in [3.63, 3.8) is 0 Å². The van der Waals surface area contributed by atoms with Gasteiger partial charge in [0.1, 0.15) is 0 Å². The van der Waals surface area contributed by atoms with Gasteiger partial charge in [0.2, 0.25) is 0 Å². The van der Waals surface area contributed by atoms with Crippen LogP contribution in [-0.4, -0.2) is 17.5 Å². The van der Waals surface area contributed by atoms with E-state index in [9.17, 15) is 0 Å². The molecule has 0 aromatic rings. The Hall–Kier alpha value is 0.180. The molecule has 1 aliphatic heterocycles. The van der Waals surface area contributed by atoms with Crippen LogP contribution in [0.4, 0.5) is 0 Å². The number of hydrogen-bond donors (Lipinski definition) is 0. The van der Waals surface area contributed by atoms with Gasteiger partial charge in [-0.2, -0.15) is 0 Å². The van der Waals surface area contributed by atoms with Gasteiger partial charge in [0, 0.05) is 5.33 Å². The Balaban J connectivity index is 2.43. The summed E-state index contributed by atoms with van der Waals surface area (Å²) in [5.41, 5.74) is 1.45. The number of allylic oxidation sites excluding steroid dienone is 1. The second-order valence-electron chi connectivity index (χ2n) is 3.37. The van der Waals surface area contributed by atoms with Crippen LogP contribution in [0.25, 0.3) is 0 Å². The van der Waals surface area contributed by atoms with Crippen molar-refractivity contribution in [3.05, 3.63) is 11.6 Å². The fourth-order valence-electron chi connectivity index (χ4n) is 1.48. The largest absolute Gasteiger partial charge is 0.371 e. The second-order valence-corrected chi connectivity index (χ2v) is 3.94. The van der Waals surface area contributed by atoms with Crippen LogP contribution >= 0.6 is 15.9 Å². The Kier molecular flexibility index (Phi) is 4.30. The van der Waals surface area contributed by atoms with Crippen molar-refractivity contribution in [2.24, 2.45) is 0 Å². The first-order valence-electron chi connectivity index (χ1n) is 4.67. The highest BCUT2D eigenvalue weighted by molar-refractivity contribution is 9.09. The maximum Gasteiger partial charge on any atom is 0.0763 e. The van der Waals surface area contributed by atoms with E-state index in [0.29, 0.717) is 12.2 Å². The average molecular weight is 233 g/mol. The highest BCUT2D eigenvalue weighted by Crippen LogP contribution is 2.22. The minimum absolute atomic E-state index is 0.382. The molecule has 0 aromatic carbocycles. The molecule has 0 aromatic heterocycles. The van der Waals surface area contributed by atoms with E-state index in [-0.39, 0.29) is 0 Å². The predicted octanol–water partition coefficient (Wildman–Crippen LogP) is 3.29. The van der Waals surface area contributed by atoms with Crippen molar-refractivity contribution in [2.45, 2.75) is 45.3 Å². The third-order valence-electron chi connectivity index (χ3n) is 2.31. The molecule has 1 rings (SSSR count). The van der Waals surface area contributed by atoms with E-state index in [1.165, 1.54) is 18.4 Å². The van der Waals surface area contributed by atoms with E-state index in [1.54, 1.807) is 0 Å². The quantitative estimate of drug-likeness (QED) is 0.537. The molecule has 70 valence electrons. The maximum atomic E-state index is 5.70. The molecule has 1 aliphatic rings. The summed E-state index contributed by atoms with van der Waals surface area (Å²) in [5, 5.41) is 0.984. The number of hydrogen-bond acceptors (Lipinski definition) is 1. The lowest BCUT2D eigenvalue weighted by atomic mass is 10.1. The topological polar surface area (TPSA) is 9.23 Å². The van der Waals surface area contributed by atoms with E-state index < -0.39 is 0 Å². The molecule has 2 heteroatoms. The van der Waals surface area contributed by atoms with Crippen LogP contribution in [-0.2, 0) is 4.74 Å². The standard InChI is InChI=1S/C10H17BrO/c1-3-9(7-11)6-10-5-4-8(2)12-10/h6,8,10H,3-5,7H2,1-2H3/b9-6-. The van der Waals surface area contributed by atoms with E-state index in [4.69, 9.17) is 4.74 Å². The molecule has 0 radical (unpaired) electrons. The Morgan fingerprint density at radius 3 is 2.75 bits per heavy atom. The number of rotatable bonds is 3. The fraction of sp³-hybridized carbons (Fsp3) is 0.800. The van der Waals surface area contributed by atoms with Gasteiger partial charge < -0.3 is 4.74 Å². The third-order valence-corrected chi connectivity index (χ3v) is 3.03. The minimum atomic E-state index is 0.382. The average Bonchev–Trinajstić information content (AvgIpc) is 2.47. The molecule has 0 aliphatic carbocycles. The van der Waals surface area contributed by atoms with Crippen LogP contribution in [0.2, 0.25) is 0 Å². The summed E-state index contributed by atoms with van der Waals surface area (Å²) in [7, 11) is 0. The molecule has 1 heterocycles. The fourth-order valence-corrected chi connectivity index (χ4v) is 2.06. The van der Waals surface area contributed by atoms with Crippen LogP contribution in [0.1, 0.15) is 33.1 Å². The van der Waals surface area contributed by atoms with Crippen molar-refractivity contribution >= 4 is 15.9 Å². The third kappa shape index (κ3) is 2.91. The summed E-state index contributed by atoms with van der Waals surface area (Å²) >= 11 is 3.47. The number of alkyl halides is 1. The van der Waals surface area contributed by atoms with Crippen LogP contribution < -0.4 is 0 Å². The molecule has 2 atom stereocenters. The van der Waals surface area contributed by atoms with Crippen LogP contribution in [0.5, 0.6) is 0 Å². The molecular weight excluding hydrogens is 216 g/mol. The van der Waals surface area contributed by atoms with E-state index in [0.717, 1.165) is 11.8 Å².